The number of hydrogen-bond acceptors (Lipinski definition) is 6. The molecule has 3 heterocycles. The Bertz CT molecular complexity index is 1260. The Kier molecular flexibility index (Phi) is 3.45. The van der Waals surface area contributed by atoms with Crippen molar-refractivity contribution in [1.29, 1.82) is 0 Å². The summed E-state index contributed by atoms with van der Waals surface area (Å²) in [7, 11) is 1.80. The van der Waals surface area contributed by atoms with E-state index in [0.29, 0.717) is 28.3 Å². The molecule has 0 fully saturated rings. The largest absolute Gasteiger partial charge is 0.399 e. The molecular weight excluding hydrogens is 361 g/mol. The number of anilines is 2. The summed E-state index contributed by atoms with van der Waals surface area (Å²) in [6.45, 7) is 0. The summed E-state index contributed by atoms with van der Waals surface area (Å²) in [5.41, 5.74) is 8.10. The lowest BCUT2D eigenvalue weighted by Crippen LogP contribution is -2.30. The quantitative estimate of drug-likeness (QED) is 0.461. The van der Waals surface area contributed by atoms with Gasteiger partial charge in [0.05, 0.1) is 23.0 Å². The number of hydrogen-bond donors (Lipinski definition) is 3. The highest BCUT2D eigenvalue weighted by molar-refractivity contribution is 5.97. The monoisotopic (exact) mass is 377 g/mol. The number of H-pyrrole nitrogens is 1. The zero-order valence-corrected chi connectivity index (χ0v) is 14.8. The van der Waals surface area contributed by atoms with Crippen molar-refractivity contribution in [3.05, 3.63) is 76.0 Å². The van der Waals surface area contributed by atoms with Gasteiger partial charge in [-0.1, -0.05) is 12.1 Å². The highest BCUT2D eigenvalue weighted by atomic mass is 19.1. The lowest BCUT2D eigenvalue weighted by atomic mass is 9.83. The van der Waals surface area contributed by atoms with Gasteiger partial charge in [-0.15, -0.1) is 0 Å². The minimum absolute atomic E-state index is 0.246. The van der Waals surface area contributed by atoms with Crippen molar-refractivity contribution in [3.63, 3.8) is 0 Å². The van der Waals surface area contributed by atoms with Crippen molar-refractivity contribution in [3.8, 4) is 0 Å². The zero-order chi connectivity index (χ0) is 19.4. The minimum atomic E-state index is -0.495. The summed E-state index contributed by atoms with van der Waals surface area (Å²) >= 11 is 0. The number of halogens is 1. The molecule has 0 saturated heterocycles. The van der Waals surface area contributed by atoms with Gasteiger partial charge < -0.3 is 11.1 Å². The van der Waals surface area contributed by atoms with Crippen LogP contribution in [0, 0.1) is 5.82 Å². The highest BCUT2D eigenvalue weighted by Crippen LogP contribution is 2.45. The summed E-state index contributed by atoms with van der Waals surface area (Å²) in [5.74, 6) is -0.176. The van der Waals surface area contributed by atoms with E-state index in [4.69, 9.17) is 5.73 Å². The van der Waals surface area contributed by atoms with Crippen molar-refractivity contribution in [2.75, 3.05) is 11.1 Å². The van der Waals surface area contributed by atoms with Gasteiger partial charge in [0.2, 0.25) is 0 Å². The number of nitrogens with one attached hydrogen (secondary N) is 2. The number of nitrogens with zero attached hydrogens (tertiary/aromatic N) is 4. The first-order valence-corrected chi connectivity index (χ1v) is 8.70. The first-order chi connectivity index (χ1) is 13.5. The van der Waals surface area contributed by atoms with E-state index in [1.807, 2.05) is 24.3 Å². The van der Waals surface area contributed by atoms with Crippen molar-refractivity contribution >= 4 is 22.1 Å². The lowest BCUT2D eigenvalue weighted by molar-refractivity contribution is 0.564. The predicted molar refractivity (Wildman–Crippen MR) is 102 cm³/mol. The van der Waals surface area contributed by atoms with Gasteiger partial charge in [0.25, 0.3) is 5.56 Å². The molecule has 2 atom stereocenters. The van der Waals surface area contributed by atoms with E-state index in [2.05, 4.69) is 25.6 Å². The van der Waals surface area contributed by atoms with Gasteiger partial charge in [-0.05, 0) is 29.8 Å². The SMILES string of the molecule is Cn1ncnc1C1c2n[nH]c(=O)c3cc(F)cc(c23)NC1c1ccc(N)cc1. The van der Waals surface area contributed by atoms with E-state index in [0.717, 1.165) is 5.56 Å². The van der Waals surface area contributed by atoms with Crippen molar-refractivity contribution < 1.29 is 4.39 Å². The molecule has 8 nitrogen and oxygen atoms in total. The summed E-state index contributed by atoms with van der Waals surface area (Å²) in [5, 5.41) is 15.2. The lowest BCUT2D eigenvalue weighted by Gasteiger charge is -2.33. The third-order valence-corrected chi connectivity index (χ3v) is 5.14. The van der Waals surface area contributed by atoms with Crippen molar-refractivity contribution in [2.45, 2.75) is 12.0 Å². The van der Waals surface area contributed by atoms with E-state index in [9.17, 15) is 9.18 Å². The van der Waals surface area contributed by atoms with Gasteiger partial charge in [0.1, 0.15) is 18.0 Å². The van der Waals surface area contributed by atoms with Crippen LogP contribution in [0.15, 0.2) is 47.5 Å². The van der Waals surface area contributed by atoms with Crippen LogP contribution in [0.1, 0.15) is 29.0 Å². The Balaban J connectivity index is 1.82. The Labute approximate surface area is 158 Å². The number of rotatable bonds is 2. The van der Waals surface area contributed by atoms with Gasteiger partial charge in [0.15, 0.2) is 0 Å². The molecule has 1 aliphatic rings. The number of aromatic nitrogens is 5. The molecule has 28 heavy (non-hydrogen) atoms. The van der Waals surface area contributed by atoms with Crippen LogP contribution >= 0.6 is 0 Å². The Morgan fingerprint density at radius 1 is 1.21 bits per heavy atom. The van der Waals surface area contributed by atoms with Gasteiger partial charge in [-0.2, -0.15) is 10.2 Å². The number of nitrogens with two attached hydrogens (primary N) is 1. The van der Waals surface area contributed by atoms with E-state index in [-0.39, 0.29) is 17.3 Å². The van der Waals surface area contributed by atoms with Crippen LogP contribution in [-0.4, -0.2) is 25.0 Å². The van der Waals surface area contributed by atoms with Crippen LogP contribution in [0.4, 0.5) is 15.8 Å². The first kappa shape index (κ1) is 16.4. The number of benzene rings is 2. The molecule has 2 aromatic heterocycles. The van der Waals surface area contributed by atoms with Crippen LogP contribution in [0.3, 0.4) is 0 Å². The molecule has 2 unspecified atom stereocenters. The van der Waals surface area contributed by atoms with Crippen molar-refractivity contribution in [1.82, 2.24) is 25.0 Å². The third-order valence-electron chi connectivity index (χ3n) is 5.14. The molecule has 0 spiro atoms. The van der Waals surface area contributed by atoms with E-state index in [1.165, 1.54) is 18.5 Å². The number of aromatic amines is 1. The van der Waals surface area contributed by atoms with Crippen molar-refractivity contribution in [2.24, 2.45) is 7.05 Å². The summed E-state index contributed by atoms with van der Waals surface area (Å²) in [6, 6.07) is 9.72. The first-order valence-electron chi connectivity index (χ1n) is 8.70. The van der Waals surface area contributed by atoms with Crippen LogP contribution in [0.2, 0.25) is 0 Å². The topological polar surface area (TPSA) is 115 Å². The fourth-order valence-electron chi connectivity index (χ4n) is 3.87. The fourth-order valence-corrected chi connectivity index (χ4v) is 3.87. The molecule has 2 aromatic carbocycles. The second kappa shape index (κ2) is 5.88. The van der Waals surface area contributed by atoms with Crippen LogP contribution < -0.4 is 16.6 Å². The molecular formula is C19H16FN7O. The van der Waals surface area contributed by atoms with Gasteiger partial charge in [0, 0.05) is 23.8 Å². The van der Waals surface area contributed by atoms with Crippen LogP contribution in [0.5, 0.6) is 0 Å². The van der Waals surface area contributed by atoms with E-state index >= 15 is 0 Å². The molecule has 0 saturated carbocycles. The zero-order valence-electron chi connectivity index (χ0n) is 14.8. The summed E-state index contributed by atoms with van der Waals surface area (Å²) in [4.78, 5) is 16.7. The van der Waals surface area contributed by atoms with E-state index in [1.54, 1.807) is 11.7 Å². The Morgan fingerprint density at radius 3 is 2.71 bits per heavy atom. The summed E-state index contributed by atoms with van der Waals surface area (Å²) < 4.78 is 15.9. The number of aryl methyl sites for hydroxylation is 1. The van der Waals surface area contributed by atoms with E-state index < -0.39 is 11.4 Å². The maximum Gasteiger partial charge on any atom is 0.272 e. The van der Waals surface area contributed by atoms with Crippen LogP contribution in [-0.2, 0) is 7.05 Å². The molecule has 0 aliphatic carbocycles. The normalized spacial score (nSPS) is 18.2. The third kappa shape index (κ3) is 2.36. The number of nitrogen functional groups attached to an aromatic ring is 1. The molecule has 0 radical (unpaired) electrons. The predicted octanol–water partition coefficient (Wildman–Crippen LogP) is 2.07. The molecule has 1 aliphatic heterocycles. The molecule has 4 N–H and O–H groups in total. The molecule has 0 bridgehead atoms. The fraction of sp³-hybridized carbons (Fsp3) is 0.158. The van der Waals surface area contributed by atoms with Gasteiger partial charge in [-0.25, -0.2) is 14.5 Å². The average Bonchev–Trinajstić information content (AvgIpc) is 3.10. The molecule has 4 aromatic rings. The second-order valence-corrected chi connectivity index (χ2v) is 6.82. The van der Waals surface area contributed by atoms with Gasteiger partial charge in [-0.3, -0.25) is 9.48 Å². The van der Waals surface area contributed by atoms with Gasteiger partial charge >= 0.3 is 0 Å². The molecule has 140 valence electrons. The van der Waals surface area contributed by atoms with Crippen LogP contribution in [0.25, 0.3) is 10.8 Å². The molecule has 0 amide bonds. The Morgan fingerprint density at radius 2 is 2.00 bits per heavy atom. The highest BCUT2D eigenvalue weighted by Gasteiger charge is 2.37. The second-order valence-electron chi connectivity index (χ2n) is 6.82. The smallest absolute Gasteiger partial charge is 0.272 e. The average molecular weight is 377 g/mol. The minimum Gasteiger partial charge on any atom is -0.399 e. The molecule has 5 rings (SSSR count). The standard InChI is InChI=1S/C19H16FN7O/c1-27-18(22-8-23-27)15-16(9-2-4-11(21)5-3-9)24-13-7-10(20)6-12-14(13)17(15)25-26-19(12)28/h2-8,15-16,24H,21H2,1H3,(H,26,28). The Hall–Kier alpha value is -3.75. The maximum absolute atomic E-state index is 14.2. The maximum atomic E-state index is 14.2. The summed E-state index contributed by atoms with van der Waals surface area (Å²) in [6.07, 6.45) is 1.47. The molecule has 9 heteroatoms.